The minimum atomic E-state index is -0.440. The fraction of sp³-hybridized carbons (Fsp3) is 0.474. The van der Waals surface area contributed by atoms with Crippen LogP contribution in [0.3, 0.4) is 0 Å². The van der Waals surface area contributed by atoms with Crippen LogP contribution in [0.1, 0.15) is 28.7 Å². The monoisotopic (exact) mass is 371 g/mol. The van der Waals surface area contributed by atoms with Crippen LogP contribution in [0, 0.1) is 17.0 Å². The summed E-state index contributed by atoms with van der Waals surface area (Å²) in [5.41, 5.74) is 0.845. The van der Waals surface area contributed by atoms with Gasteiger partial charge >= 0.3 is 0 Å². The Morgan fingerprint density at radius 1 is 1.22 bits per heavy atom. The summed E-state index contributed by atoms with van der Waals surface area (Å²) in [4.78, 5) is 31.9. The highest BCUT2D eigenvalue weighted by molar-refractivity contribution is 5.96. The third-order valence-electron chi connectivity index (χ3n) is 5.17. The molecule has 1 amide bonds. The predicted octanol–water partition coefficient (Wildman–Crippen LogP) is 2.12. The molecule has 3 rings (SSSR count). The first-order valence-electron chi connectivity index (χ1n) is 9.27. The second-order valence-electron chi connectivity index (χ2n) is 6.73. The van der Waals surface area contributed by atoms with Gasteiger partial charge in [0.1, 0.15) is 5.82 Å². The van der Waals surface area contributed by atoms with Crippen molar-refractivity contribution < 1.29 is 9.72 Å². The van der Waals surface area contributed by atoms with Gasteiger partial charge in [0.2, 0.25) is 0 Å². The minimum Gasteiger partial charge on any atom is -0.336 e. The molecule has 27 heavy (non-hydrogen) atoms. The van der Waals surface area contributed by atoms with Crippen LogP contribution in [0.25, 0.3) is 0 Å². The summed E-state index contributed by atoms with van der Waals surface area (Å²) in [7, 11) is 0. The summed E-state index contributed by atoms with van der Waals surface area (Å²) in [6.45, 7) is 8.41. The largest absolute Gasteiger partial charge is 0.336 e. The average molecular weight is 371 g/mol. The van der Waals surface area contributed by atoms with Crippen molar-refractivity contribution in [1.29, 1.82) is 0 Å². The number of nitro benzene ring substituents is 1. The normalized spacial score (nSPS) is 15.1. The Morgan fingerprint density at radius 2 is 1.96 bits per heavy atom. The van der Waals surface area contributed by atoms with E-state index < -0.39 is 4.92 Å². The van der Waals surface area contributed by atoms with Crippen LogP contribution < -0.4 is 0 Å². The van der Waals surface area contributed by atoms with E-state index in [-0.39, 0.29) is 11.6 Å². The number of aromatic nitrogens is 2. The Labute approximate surface area is 158 Å². The number of carbonyl (C=O) groups excluding carboxylic acids is 1. The Kier molecular flexibility index (Phi) is 5.85. The molecule has 144 valence electrons. The fourth-order valence-electron chi connectivity index (χ4n) is 3.51. The molecule has 0 spiro atoms. The zero-order chi connectivity index (χ0) is 19.4. The van der Waals surface area contributed by atoms with E-state index in [1.165, 1.54) is 6.07 Å². The minimum absolute atomic E-state index is 0.00783. The lowest BCUT2D eigenvalue weighted by Gasteiger charge is -2.35. The first-order chi connectivity index (χ1) is 13.0. The van der Waals surface area contributed by atoms with Gasteiger partial charge in [0, 0.05) is 75.3 Å². The maximum Gasteiger partial charge on any atom is 0.273 e. The lowest BCUT2D eigenvalue weighted by Crippen LogP contribution is -2.49. The Hall–Kier alpha value is -2.74. The van der Waals surface area contributed by atoms with Gasteiger partial charge in [-0.3, -0.25) is 19.8 Å². The van der Waals surface area contributed by atoms with Crippen LogP contribution in [0.2, 0.25) is 0 Å². The van der Waals surface area contributed by atoms with Gasteiger partial charge < -0.3 is 9.47 Å². The number of rotatable bonds is 6. The van der Waals surface area contributed by atoms with Crippen LogP contribution in [-0.4, -0.2) is 62.9 Å². The number of aryl methyl sites for hydroxylation is 1. The molecule has 0 unspecified atom stereocenters. The number of nitro groups is 1. The van der Waals surface area contributed by atoms with Crippen LogP contribution in [0.4, 0.5) is 5.69 Å². The molecule has 1 saturated heterocycles. The predicted molar refractivity (Wildman–Crippen MR) is 102 cm³/mol. The number of carbonyl (C=O) groups is 1. The van der Waals surface area contributed by atoms with Crippen LogP contribution in [-0.2, 0) is 13.0 Å². The fourth-order valence-corrected chi connectivity index (χ4v) is 3.51. The summed E-state index contributed by atoms with van der Waals surface area (Å²) in [6, 6.07) is 4.68. The van der Waals surface area contributed by atoms with Gasteiger partial charge in [0.05, 0.1) is 4.92 Å². The first kappa shape index (κ1) is 19.0. The quantitative estimate of drug-likeness (QED) is 0.574. The molecule has 8 heteroatoms. The van der Waals surface area contributed by atoms with Gasteiger partial charge in [-0.05, 0) is 13.0 Å². The number of piperazine rings is 1. The molecule has 1 aliphatic rings. The Bertz CT molecular complexity index is 825. The third kappa shape index (κ3) is 4.16. The molecule has 0 aliphatic carbocycles. The van der Waals surface area contributed by atoms with E-state index in [0.29, 0.717) is 24.2 Å². The van der Waals surface area contributed by atoms with Crippen molar-refractivity contribution in [3.8, 4) is 0 Å². The number of hydrogen-bond donors (Lipinski definition) is 0. The van der Waals surface area contributed by atoms with Gasteiger partial charge in [-0.25, -0.2) is 4.98 Å². The molecule has 0 saturated carbocycles. The van der Waals surface area contributed by atoms with Gasteiger partial charge in [-0.15, -0.1) is 0 Å². The second-order valence-corrected chi connectivity index (χ2v) is 6.73. The van der Waals surface area contributed by atoms with Crippen molar-refractivity contribution in [2.75, 3.05) is 32.7 Å². The van der Waals surface area contributed by atoms with Crippen LogP contribution in [0.15, 0.2) is 30.6 Å². The molecule has 0 atom stereocenters. The van der Waals surface area contributed by atoms with Gasteiger partial charge in [0.15, 0.2) is 0 Å². The van der Waals surface area contributed by atoms with Crippen molar-refractivity contribution in [1.82, 2.24) is 19.4 Å². The van der Waals surface area contributed by atoms with E-state index in [0.717, 1.165) is 38.4 Å². The molecule has 8 nitrogen and oxygen atoms in total. The topological polar surface area (TPSA) is 84.5 Å². The zero-order valence-corrected chi connectivity index (χ0v) is 15.8. The molecule has 1 aliphatic heterocycles. The van der Waals surface area contributed by atoms with Gasteiger partial charge in [0.25, 0.3) is 11.6 Å². The summed E-state index contributed by atoms with van der Waals surface area (Å²) in [5, 5.41) is 11.1. The average Bonchev–Trinajstić information content (AvgIpc) is 3.14. The van der Waals surface area contributed by atoms with Crippen molar-refractivity contribution in [2.24, 2.45) is 0 Å². The van der Waals surface area contributed by atoms with Crippen LogP contribution >= 0.6 is 0 Å². The standard InChI is InChI=1S/C19H25N5O3/c1-3-18-20-7-8-22(18)12-9-21-10-13-23(14-11-21)19(25)16-5-4-6-17(15(16)2)24(26)27/h4-8H,3,9-14H2,1-2H3. The van der Waals surface area contributed by atoms with E-state index in [9.17, 15) is 14.9 Å². The number of amides is 1. The van der Waals surface area contributed by atoms with Crippen molar-refractivity contribution in [3.63, 3.8) is 0 Å². The SMILES string of the molecule is CCc1nccn1CCN1CCN(C(=O)c2cccc([N+](=O)[O-])c2C)CC1. The lowest BCUT2D eigenvalue weighted by atomic mass is 10.1. The molecule has 1 aromatic heterocycles. The van der Waals surface area contributed by atoms with E-state index in [1.54, 1.807) is 24.0 Å². The molecule has 0 bridgehead atoms. The summed E-state index contributed by atoms with van der Waals surface area (Å²) in [5.74, 6) is 0.962. The summed E-state index contributed by atoms with van der Waals surface area (Å²) >= 11 is 0. The smallest absolute Gasteiger partial charge is 0.273 e. The number of imidazole rings is 1. The molecule has 2 heterocycles. The third-order valence-corrected chi connectivity index (χ3v) is 5.17. The molecule has 1 aromatic carbocycles. The molecular formula is C19H25N5O3. The highest BCUT2D eigenvalue weighted by atomic mass is 16.6. The van der Waals surface area contributed by atoms with Crippen molar-refractivity contribution in [2.45, 2.75) is 26.8 Å². The van der Waals surface area contributed by atoms with E-state index in [1.807, 2.05) is 12.4 Å². The van der Waals surface area contributed by atoms with Gasteiger partial charge in [-0.2, -0.15) is 0 Å². The number of hydrogen-bond acceptors (Lipinski definition) is 5. The highest BCUT2D eigenvalue weighted by Gasteiger charge is 2.25. The second kappa shape index (κ2) is 8.30. The summed E-state index contributed by atoms with van der Waals surface area (Å²) in [6.07, 6.45) is 4.75. The zero-order valence-electron chi connectivity index (χ0n) is 15.8. The van der Waals surface area contributed by atoms with Crippen molar-refractivity contribution >= 4 is 11.6 Å². The molecule has 0 radical (unpaired) electrons. The lowest BCUT2D eigenvalue weighted by molar-refractivity contribution is -0.385. The molecule has 2 aromatic rings. The first-order valence-corrected chi connectivity index (χ1v) is 9.27. The van der Waals surface area contributed by atoms with E-state index >= 15 is 0 Å². The van der Waals surface area contributed by atoms with Crippen LogP contribution in [0.5, 0.6) is 0 Å². The van der Waals surface area contributed by atoms with E-state index in [2.05, 4.69) is 21.4 Å². The van der Waals surface area contributed by atoms with E-state index in [4.69, 9.17) is 0 Å². The molecule has 0 N–H and O–H groups in total. The van der Waals surface area contributed by atoms with Gasteiger partial charge in [-0.1, -0.05) is 13.0 Å². The molecular weight excluding hydrogens is 346 g/mol. The Balaban J connectivity index is 1.57. The highest BCUT2D eigenvalue weighted by Crippen LogP contribution is 2.22. The van der Waals surface area contributed by atoms with Crippen molar-refractivity contribution in [3.05, 3.63) is 57.7 Å². The molecule has 1 fully saturated rings. The summed E-state index contributed by atoms with van der Waals surface area (Å²) < 4.78 is 2.17. The Morgan fingerprint density at radius 3 is 2.63 bits per heavy atom. The number of benzene rings is 1. The maximum atomic E-state index is 12.8. The maximum absolute atomic E-state index is 12.8. The number of nitrogens with zero attached hydrogens (tertiary/aromatic N) is 5.